The lowest BCUT2D eigenvalue weighted by Crippen LogP contribution is -2.18. The Morgan fingerprint density at radius 2 is 0.851 bits per heavy atom. The van der Waals surface area contributed by atoms with Crippen molar-refractivity contribution in [3.05, 3.63) is 253 Å². The van der Waals surface area contributed by atoms with Crippen molar-refractivity contribution in [3.63, 3.8) is 0 Å². The van der Waals surface area contributed by atoms with E-state index >= 15 is 8.78 Å². The zero-order valence-corrected chi connectivity index (χ0v) is 37.1. The highest BCUT2D eigenvalue weighted by Gasteiger charge is 2.39. The Labute approximate surface area is 389 Å². The summed E-state index contributed by atoms with van der Waals surface area (Å²) in [4.78, 5) is 4.08. The Morgan fingerprint density at radius 3 is 1.54 bits per heavy atom. The van der Waals surface area contributed by atoms with Gasteiger partial charge in [0.1, 0.15) is 11.6 Å². The first kappa shape index (κ1) is 40.2. The molecule has 1 aliphatic rings. The van der Waals surface area contributed by atoms with Gasteiger partial charge in [0.2, 0.25) is 0 Å². The van der Waals surface area contributed by atoms with E-state index < -0.39 is 5.41 Å². The van der Waals surface area contributed by atoms with Crippen molar-refractivity contribution in [2.75, 3.05) is 9.80 Å². The van der Waals surface area contributed by atoms with E-state index in [9.17, 15) is 0 Å². The number of halogens is 2. The Morgan fingerprint density at radius 1 is 0.328 bits per heavy atom. The molecule has 0 amide bonds. The fourth-order valence-corrected chi connectivity index (χ4v) is 10.3. The summed E-state index contributed by atoms with van der Waals surface area (Å²) in [6.07, 6.45) is 0. The van der Waals surface area contributed by atoms with Crippen molar-refractivity contribution in [2.45, 2.75) is 19.3 Å². The van der Waals surface area contributed by atoms with Crippen molar-refractivity contribution in [1.82, 2.24) is 0 Å². The van der Waals surface area contributed by atoms with Gasteiger partial charge in [-0.15, -0.1) is 0 Å². The number of fused-ring (bicyclic) bond motifs is 7. The number of benzene rings is 11. The lowest BCUT2D eigenvalue weighted by Gasteiger charge is -2.30. The molecule has 12 rings (SSSR count). The van der Waals surface area contributed by atoms with Crippen LogP contribution in [0.1, 0.15) is 25.0 Å². The summed E-state index contributed by atoms with van der Waals surface area (Å²) < 4.78 is 33.1. The van der Waals surface area contributed by atoms with Crippen molar-refractivity contribution < 1.29 is 8.78 Å². The molecule has 0 N–H and O–H groups in total. The van der Waals surface area contributed by atoms with E-state index in [-0.39, 0.29) is 11.6 Å². The highest BCUT2D eigenvalue weighted by atomic mass is 19.1. The second kappa shape index (κ2) is 16.0. The molecule has 320 valence electrons. The van der Waals surface area contributed by atoms with Crippen LogP contribution in [0.2, 0.25) is 0 Å². The smallest absolute Gasteiger partial charge is 0.147 e. The largest absolute Gasteiger partial charge is 0.308 e. The first-order valence-electron chi connectivity index (χ1n) is 22.8. The summed E-state index contributed by atoms with van der Waals surface area (Å²) in [6, 6.07) is 77.7. The highest BCUT2D eigenvalue weighted by Crippen LogP contribution is 2.56. The van der Waals surface area contributed by atoms with E-state index in [0.717, 1.165) is 88.8 Å². The summed E-state index contributed by atoms with van der Waals surface area (Å²) in [5.41, 5.74) is 12.4. The number of nitrogens with zero attached hydrogens (tertiary/aromatic N) is 2. The van der Waals surface area contributed by atoms with Crippen LogP contribution in [0.5, 0.6) is 0 Å². The Bertz CT molecular complexity index is 3710. The van der Waals surface area contributed by atoms with Crippen molar-refractivity contribution in [1.29, 1.82) is 0 Å². The third-order valence-corrected chi connectivity index (χ3v) is 13.7. The number of rotatable bonds is 8. The van der Waals surface area contributed by atoms with Crippen LogP contribution in [0, 0.1) is 11.6 Å². The molecule has 0 aliphatic heterocycles. The molecule has 0 heterocycles. The SMILES string of the molecule is CC1(C)c2cc(N(c3ccccc3)c3ccc(-c4ccc5ccccc5c4)cc3F)ccc2-c2c1cc(N(c1ccc(-c3ccc4ccccc4c3)cc1)c1ccccc1F)c1ccccc21. The Kier molecular flexibility index (Phi) is 9.58. The van der Waals surface area contributed by atoms with Crippen LogP contribution in [0.15, 0.2) is 231 Å². The predicted octanol–water partition coefficient (Wildman–Crippen LogP) is 18.0. The summed E-state index contributed by atoms with van der Waals surface area (Å²) in [5.74, 6) is -0.622. The van der Waals surface area contributed by atoms with Gasteiger partial charge < -0.3 is 9.80 Å². The molecular formula is C63H44F2N2. The van der Waals surface area contributed by atoms with Gasteiger partial charge >= 0.3 is 0 Å². The van der Waals surface area contributed by atoms with Crippen LogP contribution in [0.3, 0.4) is 0 Å². The first-order valence-corrected chi connectivity index (χ1v) is 22.8. The van der Waals surface area contributed by atoms with Gasteiger partial charge in [-0.1, -0.05) is 166 Å². The highest BCUT2D eigenvalue weighted by molar-refractivity contribution is 6.10. The molecule has 67 heavy (non-hydrogen) atoms. The minimum absolute atomic E-state index is 0.309. The number of hydrogen-bond donors (Lipinski definition) is 0. The minimum atomic E-state index is -0.485. The minimum Gasteiger partial charge on any atom is -0.308 e. The van der Waals surface area contributed by atoms with Crippen LogP contribution >= 0.6 is 0 Å². The monoisotopic (exact) mass is 866 g/mol. The molecule has 0 fully saturated rings. The normalized spacial score (nSPS) is 12.6. The molecule has 0 aromatic heterocycles. The van der Waals surface area contributed by atoms with Crippen LogP contribution < -0.4 is 9.80 Å². The van der Waals surface area contributed by atoms with Crippen LogP contribution in [0.25, 0.3) is 65.7 Å². The van der Waals surface area contributed by atoms with Gasteiger partial charge in [-0.25, -0.2) is 8.78 Å². The molecule has 0 unspecified atom stereocenters. The molecule has 0 spiro atoms. The first-order chi connectivity index (χ1) is 32.8. The average Bonchev–Trinajstić information content (AvgIpc) is 3.60. The number of anilines is 6. The van der Waals surface area contributed by atoms with Gasteiger partial charge in [0.05, 0.1) is 17.1 Å². The van der Waals surface area contributed by atoms with E-state index in [1.807, 2.05) is 71.6 Å². The fraction of sp³-hybridized carbons (Fsp3) is 0.0476. The van der Waals surface area contributed by atoms with Crippen LogP contribution in [0.4, 0.5) is 42.9 Å². The van der Waals surface area contributed by atoms with Gasteiger partial charge in [0.25, 0.3) is 0 Å². The van der Waals surface area contributed by atoms with E-state index in [1.165, 1.54) is 16.8 Å². The standard InChI is InChI=1S/C63H44F2N2/c1-63(2)55-39-51(66(49-18-4-3-5-19-49)60-35-30-48(38-58(60)65)47-27-25-42-15-7-9-17-45(42)37-47)33-34-54(55)62-53-21-11-10-20-52(53)61(40-56(62)63)67(59-23-13-12-22-57(59)64)50-31-28-43(29-32-50)46-26-24-41-14-6-8-16-44(41)36-46/h3-40H,1-2H3. The molecule has 0 radical (unpaired) electrons. The summed E-state index contributed by atoms with van der Waals surface area (Å²) in [7, 11) is 0. The molecule has 2 nitrogen and oxygen atoms in total. The Balaban J connectivity index is 0.975. The molecule has 0 atom stereocenters. The van der Waals surface area contributed by atoms with Gasteiger partial charge in [-0.05, 0) is 150 Å². The molecule has 1 aliphatic carbocycles. The average molecular weight is 867 g/mol. The van der Waals surface area contributed by atoms with Crippen molar-refractivity contribution >= 4 is 66.4 Å². The van der Waals surface area contributed by atoms with Gasteiger partial charge in [0, 0.05) is 27.9 Å². The second-order valence-electron chi connectivity index (χ2n) is 18.0. The lowest BCUT2D eigenvalue weighted by molar-refractivity contribution is 0.628. The van der Waals surface area contributed by atoms with E-state index in [0.29, 0.717) is 11.4 Å². The van der Waals surface area contributed by atoms with Gasteiger partial charge in [0.15, 0.2) is 0 Å². The lowest BCUT2D eigenvalue weighted by atomic mass is 9.81. The third-order valence-electron chi connectivity index (χ3n) is 13.7. The van der Waals surface area contributed by atoms with Gasteiger partial charge in [-0.3, -0.25) is 0 Å². The number of hydrogen-bond acceptors (Lipinski definition) is 2. The number of para-hydroxylation sites is 2. The van der Waals surface area contributed by atoms with Crippen molar-refractivity contribution in [3.8, 4) is 33.4 Å². The second-order valence-corrected chi connectivity index (χ2v) is 18.0. The summed E-state index contributed by atoms with van der Waals surface area (Å²) >= 11 is 0. The van der Waals surface area contributed by atoms with E-state index in [2.05, 4.69) is 164 Å². The third kappa shape index (κ3) is 6.84. The van der Waals surface area contributed by atoms with Crippen LogP contribution in [-0.4, -0.2) is 0 Å². The summed E-state index contributed by atoms with van der Waals surface area (Å²) in [5, 5.41) is 6.74. The Hall–Kier alpha value is -8.34. The van der Waals surface area contributed by atoms with E-state index in [4.69, 9.17) is 0 Å². The summed E-state index contributed by atoms with van der Waals surface area (Å²) in [6.45, 7) is 4.52. The zero-order chi connectivity index (χ0) is 45.2. The maximum Gasteiger partial charge on any atom is 0.147 e. The molecule has 11 aromatic carbocycles. The van der Waals surface area contributed by atoms with Crippen LogP contribution in [-0.2, 0) is 5.41 Å². The topological polar surface area (TPSA) is 6.48 Å². The maximum absolute atomic E-state index is 16.8. The molecular weight excluding hydrogens is 823 g/mol. The van der Waals surface area contributed by atoms with E-state index in [1.54, 1.807) is 12.1 Å². The predicted molar refractivity (Wildman–Crippen MR) is 277 cm³/mol. The maximum atomic E-state index is 16.8. The molecule has 11 aromatic rings. The molecule has 0 saturated carbocycles. The van der Waals surface area contributed by atoms with Crippen molar-refractivity contribution in [2.24, 2.45) is 0 Å². The fourth-order valence-electron chi connectivity index (χ4n) is 10.3. The zero-order valence-electron chi connectivity index (χ0n) is 37.1. The quantitative estimate of drug-likeness (QED) is 0.150. The van der Waals surface area contributed by atoms with Gasteiger partial charge in [-0.2, -0.15) is 0 Å². The molecule has 4 heteroatoms. The molecule has 0 saturated heterocycles. The molecule has 0 bridgehead atoms.